The van der Waals surface area contributed by atoms with Crippen molar-refractivity contribution in [3.05, 3.63) is 28.0 Å². The maximum Gasteiger partial charge on any atom is 0.340 e. The van der Waals surface area contributed by atoms with Crippen LogP contribution < -0.4 is 11.0 Å². The maximum atomic E-state index is 11.8. The first-order chi connectivity index (χ1) is 9.94. The quantitative estimate of drug-likeness (QED) is 0.692. The first-order valence-electron chi connectivity index (χ1n) is 6.69. The molecular weight excluding hydrogens is 276 g/mol. The molecule has 114 valence electrons. The van der Waals surface area contributed by atoms with Crippen molar-refractivity contribution in [3.8, 4) is 0 Å². The second kappa shape index (κ2) is 6.33. The van der Waals surface area contributed by atoms with Crippen LogP contribution in [0, 0.1) is 5.92 Å². The molecule has 0 unspecified atom stereocenters. The van der Waals surface area contributed by atoms with Gasteiger partial charge in [-0.15, -0.1) is 0 Å². The summed E-state index contributed by atoms with van der Waals surface area (Å²) in [7, 11) is 0. The number of rotatable bonds is 6. The SMILES string of the molecule is CC(C)Cc1noc([C@H](C)NC(=O)Cc2n[nH]c(=O)[nH]2)n1. The summed E-state index contributed by atoms with van der Waals surface area (Å²) in [5.74, 6) is 1.38. The second-order valence-electron chi connectivity index (χ2n) is 5.24. The van der Waals surface area contributed by atoms with E-state index in [1.54, 1.807) is 6.92 Å². The van der Waals surface area contributed by atoms with Gasteiger partial charge in [0.25, 0.3) is 0 Å². The number of aromatic amines is 2. The Hall–Kier alpha value is -2.45. The summed E-state index contributed by atoms with van der Waals surface area (Å²) in [6.45, 7) is 5.87. The van der Waals surface area contributed by atoms with E-state index in [0.717, 1.165) is 6.42 Å². The predicted octanol–water partition coefficient (Wildman–Crippen LogP) is 0.0994. The van der Waals surface area contributed by atoms with Gasteiger partial charge in [0.15, 0.2) is 5.82 Å². The highest BCUT2D eigenvalue weighted by Crippen LogP contribution is 2.11. The van der Waals surface area contributed by atoms with Gasteiger partial charge in [0.2, 0.25) is 11.8 Å². The van der Waals surface area contributed by atoms with E-state index in [-0.39, 0.29) is 18.2 Å². The standard InChI is InChI=1S/C12H18N6O3/c1-6(2)4-9-14-11(21-18-9)7(3)13-10(19)5-8-15-12(20)17-16-8/h6-7H,4-5H2,1-3H3,(H,13,19)(H2,15,16,17,20)/t7-/m0/s1. The van der Waals surface area contributed by atoms with Gasteiger partial charge < -0.3 is 9.84 Å². The minimum atomic E-state index is -0.443. The number of nitrogens with zero attached hydrogens (tertiary/aromatic N) is 3. The number of hydrogen-bond acceptors (Lipinski definition) is 6. The average molecular weight is 294 g/mol. The van der Waals surface area contributed by atoms with Crippen LogP contribution in [0.25, 0.3) is 0 Å². The van der Waals surface area contributed by atoms with Crippen molar-refractivity contribution in [2.24, 2.45) is 5.92 Å². The molecule has 1 amide bonds. The van der Waals surface area contributed by atoms with E-state index in [2.05, 4.69) is 44.5 Å². The fraction of sp³-hybridized carbons (Fsp3) is 0.583. The third kappa shape index (κ3) is 4.26. The van der Waals surface area contributed by atoms with E-state index < -0.39 is 11.7 Å². The third-order valence-corrected chi connectivity index (χ3v) is 2.70. The molecule has 2 aromatic rings. The van der Waals surface area contributed by atoms with Crippen molar-refractivity contribution < 1.29 is 9.32 Å². The van der Waals surface area contributed by atoms with Gasteiger partial charge in [0, 0.05) is 6.42 Å². The summed E-state index contributed by atoms with van der Waals surface area (Å²) in [5.41, 5.74) is -0.443. The first kappa shape index (κ1) is 14.9. The predicted molar refractivity (Wildman–Crippen MR) is 72.3 cm³/mol. The Morgan fingerprint density at radius 2 is 2.14 bits per heavy atom. The van der Waals surface area contributed by atoms with E-state index in [9.17, 15) is 9.59 Å². The molecule has 0 aromatic carbocycles. The molecule has 1 atom stereocenters. The van der Waals surface area contributed by atoms with Crippen molar-refractivity contribution in [1.82, 2.24) is 30.6 Å². The molecule has 0 saturated carbocycles. The van der Waals surface area contributed by atoms with Crippen LogP contribution in [-0.2, 0) is 17.6 Å². The van der Waals surface area contributed by atoms with Crippen molar-refractivity contribution in [1.29, 1.82) is 0 Å². The fourth-order valence-electron chi connectivity index (χ4n) is 1.79. The van der Waals surface area contributed by atoms with Gasteiger partial charge >= 0.3 is 5.69 Å². The summed E-state index contributed by atoms with van der Waals surface area (Å²) in [4.78, 5) is 29.3. The van der Waals surface area contributed by atoms with Gasteiger partial charge in [-0.2, -0.15) is 10.1 Å². The molecule has 0 aliphatic carbocycles. The average Bonchev–Trinajstić information content (AvgIpc) is 2.98. The molecule has 0 spiro atoms. The second-order valence-corrected chi connectivity index (χ2v) is 5.24. The molecule has 0 aliphatic rings. The Kier molecular flexibility index (Phi) is 4.51. The van der Waals surface area contributed by atoms with Crippen LogP contribution in [0.4, 0.5) is 0 Å². The maximum absolute atomic E-state index is 11.8. The largest absolute Gasteiger partial charge is 0.344 e. The van der Waals surface area contributed by atoms with Gasteiger partial charge in [-0.25, -0.2) is 9.89 Å². The Morgan fingerprint density at radius 1 is 1.38 bits per heavy atom. The lowest BCUT2D eigenvalue weighted by Gasteiger charge is -2.08. The molecule has 2 aromatic heterocycles. The van der Waals surface area contributed by atoms with Gasteiger partial charge in [-0.3, -0.25) is 9.78 Å². The van der Waals surface area contributed by atoms with Crippen molar-refractivity contribution in [3.63, 3.8) is 0 Å². The number of aromatic nitrogens is 5. The molecule has 0 aliphatic heterocycles. The third-order valence-electron chi connectivity index (χ3n) is 2.70. The Labute approximate surface area is 120 Å². The van der Waals surface area contributed by atoms with E-state index in [1.165, 1.54) is 0 Å². The summed E-state index contributed by atoms with van der Waals surface area (Å²) in [6.07, 6.45) is 0.689. The molecule has 21 heavy (non-hydrogen) atoms. The highest BCUT2D eigenvalue weighted by atomic mass is 16.5. The molecule has 2 rings (SSSR count). The number of H-pyrrole nitrogens is 2. The summed E-state index contributed by atoms with van der Waals surface area (Å²) < 4.78 is 5.13. The normalized spacial score (nSPS) is 12.6. The molecule has 0 radical (unpaired) electrons. The van der Waals surface area contributed by atoms with Gasteiger partial charge in [0.05, 0.1) is 6.42 Å². The van der Waals surface area contributed by atoms with Gasteiger partial charge in [-0.1, -0.05) is 19.0 Å². The molecule has 0 bridgehead atoms. The van der Waals surface area contributed by atoms with Crippen LogP contribution in [0.2, 0.25) is 0 Å². The smallest absolute Gasteiger partial charge is 0.340 e. The molecule has 0 saturated heterocycles. The fourth-order valence-corrected chi connectivity index (χ4v) is 1.79. The Balaban J connectivity index is 1.91. The lowest BCUT2D eigenvalue weighted by atomic mass is 10.1. The summed E-state index contributed by atoms with van der Waals surface area (Å²) >= 11 is 0. The molecular formula is C12H18N6O3. The number of amides is 1. The van der Waals surface area contributed by atoms with Crippen molar-refractivity contribution in [2.45, 2.75) is 39.7 Å². The van der Waals surface area contributed by atoms with Crippen molar-refractivity contribution >= 4 is 5.91 Å². The first-order valence-corrected chi connectivity index (χ1v) is 6.69. The van der Waals surface area contributed by atoms with E-state index in [0.29, 0.717) is 17.6 Å². The summed E-state index contributed by atoms with van der Waals surface area (Å²) in [6, 6.07) is -0.406. The van der Waals surface area contributed by atoms with E-state index in [4.69, 9.17) is 4.52 Å². The van der Waals surface area contributed by atoms with Crippen LogP contribution in [0.15, 0.2) is 9.32 Å². The van der Waals surface area contributed by atoms with Crippen molar-refractivity contribution in [2.75, 3.05) is 0 Å². The zero-order valence-electron chi connectivity index (χ0n) is 12.1. The monoisotopic (exact) mass is 294 g/mol. The van der Waals surface area contributed by atoms with Crippen LogP contribution in [0.3, 0.4) is 0 Å². The zero-order chi connectivity index (χ0) is 15.4. The molecule has 9 nitrogen and oxygen atoms in total. The molecule has 0 fully saturated rings. The minimum absolute atomic E-state index is 0.0317. The topological polar surface area (TPSA) is 130 Å². The van der Waals surface area contributed by atoms with Crippen LogP contribution in [0.1, 0.15) is 44.4 Å². The van der Waals surface area contributed by atoms with E-state index >= 15 is 0 Å². The minimum Gasteiger partial charge on any atom is -0.344 e. The Morgan fingerprint density at radius 3 is 2.76 bits per heavy atom. The van der Waals surface area contributed by atoms with Crippen LogP contribution in [-0.4, -0.2) is 31.2 Å². The van der Waals surface area contributed by atoms with Gasteiger partial charge in [0.1, 0.15) is 11.9 Å². The van der Waals surface area contributed by atoms with Crippen LogP contribution in [0.5, 0.6) is 0 Å². The highest BCUT2D eigenvalue weighted by Gasteiger charge is 2.17. The van der Waals surface area contributed by atoms with Crippen LogP contribution >= 0.6 is 0 Å². The van der Waals surface area contributed by atoms with Gasteiger partial charge in [-0.05, 0) is 12.8 Å². The lowest BCUT2D eigenvalue weighted by molar-refractivity contribution is -0.121. The zero-order valence-corrected chi connectivity index (χ0v) is 12.1. The highest BCUT2D eigenvalue weighted by molar-refractivity contribution is 5.77. The Bertz CT molecular complexity index is 656. The van der Waals surface area contributed by atoms with E-state index in [1.807, 2.05) is 0 Å². The summed E-state index contributed by atoms with van der Waals surface area (Å²) in [5, 5.41) is 12.4. The number of carbonyl (C=O) groups is 1. The number of carbonyl (C=O) groups excluding carboxylic acids is 1. The number of hydrogen-bond donors (Lipinski definition) is 3. The molecule has 3 N–H and O–H groups in total. The number of nitrogens with one attached hydrogen (secondary N) is 3. The molecule has 9 heteroatoms. The molecule has 2 heterocycles. The lowest BCUT2D eigenvalue weighted by Crippen LogP contribution is -2.28.